The highest BCUT2D eigenvalue weighted by molar-refractivity contribution is 5.87. The van der Waals surface area contributed by atoms with Gasteiger partial charge in [-0.15, -0.1) is 0 Å². The summed E-state index contributed by atoms with van der Waals surface area (Å²) in [7, 11) is 3.80. The fraction of sp³-hybridized carbons (Fsp3) is 0.846. The van der Waals surface area contributed by atoms with Crippen LogP contribution in [0.5, 0.6) is 0 Å². The van der Waals surface area contributed by atoms with Crippen molar-refractivity contribution in [2.75, 3.05) is 27.2 Å². The minimum atomic E-state index is -1.02. The number of carboxylic acid groups (broad SMARTS) is 1. The first kappa shape index (κ1) is 14.1. The van der Waals surface area contributed by atoms with Crippen LogP contribution in [0.25, 0.3) is 0 Å². The van der Waals surface area contributed by atoms with E-state index in [1.54, 1.807) is 11.9 Å². The quantitative estimate of drug-likeness (QED) is 0.792. The number of carbonyl (C=O) groups excluding carboxylic acids is 1. The second-order valence-corrected chi connectivity index (χ2v) is 5.84. The monoisotopic (exact) mass is 269 g/mol. The molecule has 0 spiro atoms. The van der Waals surface area contributed by atoms with Gasteiger partial charge in [0.1, 0.15) is 5.54 Å². The molecule has 2 fully saturated rings. The zero-order valence-corrected chi connectivity index (χ0v) is 11.7. The molecule has 2 aliphatic rings. The zero-order valence-electron chi connectivity index (χ0n) is 11.7. The zero-order chi connectivity index (χ0) is 14.0. The Morgan fingerprint density at radius 2 is 2.05 bits per heavy atom. The molecule has 0 aromatic carbocycles. The van der Waals surface area contributed by atoms with Crippen LogP contribution in [0.4, 0.5) is 4.79 Å². The summed E-state index contributed by atoms with van der Waals surface area (Å²) in [6, 6.07) is -0.0907. The fourth-order valence-corrected chi connectivity index (χ4v) is 2.84. The van der Waals surface area contributed by atoms with Crippen LogP contribution in [0.1, 0.15) is 32.1 Å². The van der Waals surface area contributed by atoms with Crippen LogP contribution >= 0.6 is 0 Å². The Balaban J connectivity index is 1.93. The number of carboxylic acids is 1. The number of nitrogens with one attached hydrogen (secondary N) is 1. The Morgan fingerprint density at radius 1 is 1.37 bits per heavy atom. The molecule has 0 aromatic rings. The third kappa shape index (κ3) is 2.83. The van der Waals surface area contributed by atoms with E-state index < -0.39 is 11.5 Å². The molecule has 1 atom stereocenters. The normalized spacial score (nSPS) is 26.3. The molecule has 2 N–H and O–H groups in total. The van der Waals surface area contributed by atoms with E-state index >= 15 is 0 Å². The summed E-state index contributed by atoms with van der Waals surface area (Å²) in [5.41, 5.74) is -1.02. The highest BCUT2D eigenvalue weighted by Crippen LogP contribution is 2.32. The van der Waals surface area contributed by atoms with Gasteiger partial charge < -0.3 is 20.2 Å². The first-order chi connectivity index (χ1) is 8.94. The molecule has 1 saturated heterocycles. The van der Waals surface area contributed by atoms with Gasteiger partial charge in [-0.25, -0.2) is 9.59 Å². The fourth-order valence-electron chi connectivity index (χ4n) is 2.84. The Morgan fingerprint density at radius 3 is 2.53 bits per heavy atom. The number of urea groups is 1. The average molecular weight is 269 g/mol. The molecule has 0 radical (unpaired) electrons. The summed E-state index contributed by atoms with van der Waals surface area (Å²) < 4.78 is 0. The second kappa shape index (κ2) is 5.36. The smallest absolute Gasteiger partial charge is 0.329 e. The first-order valence-corrected chi connectivity index (χ1v) is 6.91. The molecule has 1 aliphatic heterocycles. The summed E-state index contributed by atoms with van der Waals surface area (Å²) in [6.45, 7) is 1.91. The number of carbonyl (C=O) groups is 2. The van der Waals surface area contributed by atoms with E-state index in [0.717, 1.165) is 32.4 Å². The Kier molecular flexibility index (Phi) is 3.99. The van der Waals surface area contributed by atoms with Gasteiger partial charge in [-0.2, -0.15) is 0 Å². The lowest BCUT2D eigenvalue weighted by molar-refractivity contribution is -0.148. The van der Waals surface area contributed by atoms with Crippen molar-refractivity contribution in [2.45, 2.75) is 43.7 Å². The maximum absolute atomic E-state index is 12.2. The minimum absolute atomic E-state index is 0.171. The van der Waals surface area contributed by atoms with Crippen LogP contribution in [0.2, 0.25) is 0 Å². The molecule has 108 valence electrons. The first-order valence-electron chi connectivity index (χ1n) is 6.91. The number of amides is 2. The molecule has 1 heterocycles. The van der Waals surface area contributed by atoms with E-state index in [1.165, 1.54) is 0 Å². The standard InChI is InChI=1S/C13H23N3O3/c1-15-8-3-5-10(9-15)16(2)12(19)14-13(11(17)18)6-4-7-13/h10H,3-9H2,1-2H3,(H,14,19)(H,17,18). The van der Waals surface area contributed by atoms with Gasteiger partial charge in [0.2, 0.25) is 0 Å². The number of likely N-dealkylation sites (tertiary alicyclic amines) is 1. The molecule has 1 unspecified atom stereocenters. The van der Waals surface area contributed by atoms with Crippen molar-refractivity contribution in [3.63, 3.8) is 0 Å². The molecule has 2 amide bonds. The average Bonchev–Trinajstić information content (AvgIpc) is 2.32. The summed E-state index contributed by atoms with van der Waals surface area (Å²) in [5, 5.41) is 11.9. The lowest BCUT2D eigenvalue weighted by Gasteiger charge is -2.41. The van der Waals surface area contributed by atoms with Gasteiger partial charge in [0.05, 0.1) is 0 Å². The SMILES string of the molecule is CN1CCCC(N(C)C(=O)NC2(C(=O)O)CCC2)C1. The van der Waals surface area contributed by atoms with Crippen molar-refractivity contribution in [3.8, 4) is 0 Å². The molecule has 19 heavy (non-hydrogen) atoms. The number of rotatable bonds is 3. The van der Waals surface area contributed by atoms with Crippen LogP contribution in [0.15, 0.2) is 0 Å². The molecule has 6 heteroatoms. The van der Waals surface area contributed by atoms with Crippen LogP contribution in [-0.4, -0.2) is 65.7 Å². The number of hydrogen-bond acceptors (Lipinski definition) is 3. The number of likely N-dealkylation sites (N-methyl/N-ethyl adjacent to an activating group) is 2. The van der Waals surface area contributed by atoms with Crippen molar-refractivity contribution in [3.05, 3.63) is 0 Å². The van der Waals surface area contributed by atoms with E-state index in [0.29, 0.717) is 12.8 Å². The molecule has 2 rings (SSSR count). The van der Waals surface area contributed by atoms with E-state index in [2.05, 4.69) is 10.2 Å². The maximum Gasteiger partial charge on any atom is 0.329 e. The van der Waals surface area contributed by atoms with E-state index in [4.69, 9.17) is 0 Å². The van der Waals surface area contributed by atoms with E-state index in [1.807, 2.05) is 7.05 Å². The summed E-state index contributed by atoms with van der Waals surface area (Å²) in [6.07, 6.45) is 3.98. The van der Waals surface area contributed by atoms with E-state index in [9.17, 15) is 14.7 Å². The molecular weight excluding hydrogens is 246 g/mol. The molecular formula is C13H23N3O3. The van der Waals surface area contributed by atoms with Gasteiger partial charge in [-0.1, -0.05) is 0 Å². The highest BCUT2D eigenvalue weighted by atomic mass is 16.4. The number of piperidine rings is 1. The number of aliphatic carboxylic acids is 1. The largest absolute Gasteiger partial charge is 0.480 e. The van der Waals surface area contributed by atoms with E-state index in [-0.39, 0.29) is 12.1 Å². The topological polar surface area (TPSA) is 72.9 Å². The summed E-state index contributed by atoms with van der Waals surface area (Å²) >= 11 is 0. The van der Waals surface area contributed by atoms with Crippen molar-refractivity contribution in [1.82, 2.24) is 15.1 Å². The van der Waals surface area contributed by atoms with Gasteiger partial charge in [0.15, 0.2) is 0 Å². The van der Waals surface area contributed by atoms with Crippen molar-refractivity contribution < 1.29 is 14.7 Å². The lowest BCUT2D eigenvalue weighted by atomic mass is 9.77. The van der Waals surface area contributed by atoms with Gasteiger partial charge in [0.25, 0.3) is 0 Å². The molecule has 1 saturated carbocycles. The van der Waals surface area contributed by atoms with Gasteiger partial charge in [-0.3, -0.25) is 0 Å². The van der Waals surface area contributed by atoms with Crippen LogP contribution < -0.4 is 5.32 Å². The third-order valence-electron chi connectivity index (χ3n) is 4.43. The molecule has 1 aliphatic carbocycles. The van der Waals surface area contributed by atoms with Crippen molar-refractivity contribution >= 4 is 12.0 Å². The molecule has 6 nitrogen and oxygen atoms in total. The van der Waals surface area contributed by atoms with Crippen LogP contribution in [0, 0.1) is 0 Å². The Hall–Kier alpha value is -1.30. The van der Waals surface area contributed by atoms with Crippen molar-refractivity contribution in [2.24, 2.45) is 0 Å². The second-order valence-electron chi connectivity index (χ2n) is 5.84. The third-order valence-corrected chi connectivity index (χ3v) is 4.43. The summed E-state index contributed by atoms with van der Waals surface area (Å²) in [4.78, 5) is 27.3. The predicted molar refractivity (Wildman–Crippen MR) is 71.0 cm³/mol. The van der Waals surface area contributed by atoms with Crippen LogP contribution in [0.3, 0.4) is 0 Å². The number of hydrogen-bond donors (Lipinski definition) is 2. The molecule has 0 aromatic heterocycles. The summed E-state index contributed by atoms with van der Waals surface area (Å²) in [5.74, 6) is -0.915. The predicted octanol–water partition coefficient (Wildman–Crippen LogP) is 0.729. The number of nitrogens with zero attached hydrogens (tertiary/aromatic N) is 2. The van der Waals surface area contributed by atoms with Crippen molar-refractivity contribution in [1.29, 1.82) is 0 Å². The Bertz CT molecular complexity index is 368. The van der Waals surface area contributed by atoms with Gasteiger partial charge >= 0.3 is 12.0 Å². The van der Waals surface area contributed by atoms with Gasteiger partial charge in [0, 0.05) is 19.6 Å². The minimum Gasteiger partial charge on any atom is -0.480 e. The highest BCUT2D eigenvalue weighted by Gasteiger charge is 2.46. The van der Waals surface area contributed by atoms with Crippen LogP contribution in [-0.2, 0) is 4.79 Å². The Labute approximate surface area is 113 Å². The molecule has 0 bridgehead atoms. The lowest BCUT2D eigenvalue weighted by Crippen LogP contribution is -2.63. The van der Waals surface area contributed by atoms with Gasteiger partial charge in [-0.05, 0) is 45.7 Å². The maximum atomic E-state index is 12.2.